The van der Waals surface area contributed by atoms with Gasteiger partial charge in [0.1, 0.15) is 6.07 Å². The van der Waals surface area contributed by atoms with Gasteiger partial charge in [0.2, 0.25) is 0 Å². The monoisotopic (exact) mass is 291 g/mol. The van der Waals surface area contributed by atoms with Crippen molar-refractivity contribution in [3.63, 3.8) is 0 Å². The van der Waals surface area contributed by atoms with E-state index in [1.807, 2.05) is 6.07 Å². The average Bonchev–Trinajstić information content (AvgIpc) is 2.45. The topological polar surface area (TPSA) is 61.8 Å². The second kappa shape index (κ2) is 5.75. The molecule has 3 nitrogen and oxygen atoms in total. The van der Waals surface area contributed by atoms with Gasteiger partial charge in [0.15, 0.2) is 0 Å². The number of nitrogen functional groups attached to an aromatic ring is 1. The van der Waals surface area contributed by atoms with E-state index >= 15 is 0 Å². The lowest BCUT2D eigenvalue weighted by molar-refractivity contribution is -0.137. The Hall–Kier alpha value is -2.68. The Bertz CT molecular complexity index is 687. The zero-order chi connectivity index (χ0) is 15.5. The number of alkyl halides is 3. The fraction of sp³-hybridized carbons (Fsp3) is 0.133. The van der Waals surface area contributed by atoms with Gasteiger partial charge in [0.05, 0.1) is 16.8 Å². The Labute approximate surface area is 119 Å². The third kappa shape index (κ3) is 3.66. The van der Waals surface area contributed by atoms with E-state index in [-0.39, 0.29) is 6.54 Å². The van der Waals surface area contributed by atoms with Gasteiger partial charge in [-0.05, 0) is 35.9 Å². The molecule has 0 bridgehead atoms. The van der Waals surface area contributed by atoms with E-state index < -0.39 is 11.7 Å². The predicted molar refractivity (Wildman–Crippen MR) is 74.3 cm³/mol. The van der Waals surface area contributed by atoms with Crippen LogP contribution in [0.5, 0.6) is 0 Å². The zero-order valence-electron chi connectivity index (χ0n) is 10.9. The van der Waals surface area contributed by atoms with Crippen LogP contribution in [0, 0.1) is 11.3 Å². The third-order valence-corrected chi connectivity index (χ3v) is 2.92. The first-order valence-electron chi connectivity index (χ1n) is 6.10. The number of nitrogens with zero attached hydrogens (tertiary/aromatic N) is 1. The van der Waals surface area contributed by atoms with Gasteiger partial charge in [0.25, 0.3) is 0 Å². The van der Waals surface area contributed by atoms with Gasteiger partial charge in [-0.1, -0.05) is 12.1 Å². The van der Waals surface area contributed by atoms with E-state index in [1.165, 1.54) is 6.07 Å². The molecule has 2 rings (SSSR count). The molecule has 0 radical (unpaired) electrons. The van der Waals surface area contributed by atoms with E-state index in [0.29, 0.717) is 22.5 Å². The van der Waals surface area contributed by atoms with Crippen LogP contribution >= 0.6 is 0 Å². The van der Waals surface area contributed by atoms with Gasteiger partial charge in [-0.2, -0.15) is 18.4 Å². The Morgan fingerprint density at radius 1 is 1.14 bits per heavy atom. The number of hydrogen-bond acceptors (Lipinski definition) is 3. The lowest BCUT2D eigenvalue weighted by Gasteiger charge is -2.11. The summed E-state index contributed by atoms with van der Waals surface area (Å²) in [6.45, 7) is 0.231. The van der Waals surface area contributed by atoms with Crippen LogP contribution in [0.15, 0.2) is 42.5 Å². The van der Waals surface area contributed by atoms with Gasteiger partial charge in [-0.3, -0.25) is 0 Å². The highest BCUT2D eigenvalue weighted by molar-refractivity contribution is 5.62. The minimum absolute atomic E-state index is 0.231. The molecule has 0 aromatic heterocycles. The fourth-order valence-corrected chi connectivity index (χ4v) is 1.84. The summed E-state index contributed by atoms with van der Waals surface area (Å²) in [5.41, 5.74) is 6.83. The number of nitrogens with two attached hydrogens (primary N) is 1. The molecule has 0 fully saturated rings. The maximum Gasteiger partial charge on any atom is 0.416 e. The predicted octanol–water partition coefficient (Wildman–Crippen LogP) is 3.77. The molecule has 0 heterocycles. The van der Waals surface area contributed by atoms with Gasteiger partial charge < -0.3 is 11.1 Å². The summed E-state index contributed by atoms with van der Waals surface area (Å²) in [6, 6.07) is 11.8. The normalized spacial score (nSPS) is 11.0. The highest BCUT2D eigenvalue weighted by Gasteiger charge is 2.30. The molecule has 21 heavy (non-hydrogen) atoms. The Kier molecular flexibility index (Phi) is 4.03. The summed E-state index contributed by atoms with van der Waals surface area (Å²) in [7, 11) is 0. The molecule has 108 valence electrons. The molecular formula is C15H12F3N3. The Morgan fingerprint density at radius 3 is 2.52 bits per heavy atom. The first kappa shape index (κ1) is 14.7. The Morgan fingerprint density at radius 2 is 1.90 bits per heavy atom. The van der Waals surface area contributed by atoms with Crippen LogP contribution in [0.25, 0.3) is 0 Å². The highest BCUT2D eigenvalue weighted by Crippen LogP contribution is 2.29. The van der Waals surface area contributed by atoms with Crippen LogP contribution in [0.2, 0.25) is 0 Å². The summed E-state index contributed by atoms with van der Waals surface area (Å²) >= 11 is 0. The number of anilines is 2. The molecule has 0 aliphatic heterocycles. The van der Waals surface area contributed by atoms with E-state index in [0.717, 1.165) is 12.1 Å². The zero-order valence-corrected chi connectivity index (χ0v) is 10.9. The van der Waals surface area contributed by atoms with Crippen molar-refractivity contribution in [2.75, 3.05) is 11.1 Å². The smallest absolute Gasteiger partial charge is 0.398 e. The number of halogens is 3. The number of nitriles is 1. The van der Waals surface area contributed by atoms with Crippen molar-refractivity contribution in [3.05, 3.63) is 59.2 Å². The van der Waals surface area contributed by atoms with Gasteiger partial charge in [0, 0.05) is 12.2 Å². The van der Waals surface area contributed by atoms with Crippen molar-refractivity contribution in [2.24, 2.45) is 0 Å². The molecule has 2 aromatic rings. The van der Waals surface area contributed by atoms with Gasteiger partial charge >= 0.3 is 6.18 Å². The molecule has 0 saturated heterocycles. The van der Waals surface area contributed by atoms with E-state index in [1.54, 1.807) is 24.3 Å². The molecule has 0 aliphatic carbocycles. The molecule has 6 heteroatoms. The van der Waals surface area contributed by atoms with Crippen LogP contribution in [0.1, 0.15) is 16.7 Å². The first-order valence-corrected chi connectivity index (χ1v) is 6.10. The number of rotatable bonds is 3. The summed E-state index contributed by atoms with van der Waals surface area (Å²) in [5.74, 6) is 0. The van der Waals surface area contributed by atoms with Crippen molar-refractivity contribution in [1.82, 2.24) is 0 Å². The molecular weight excluding hydrogens is 279 g/mol. The van der Waals surface area contributed by atoms with Gasteiger partial charge in [-0.25, -0.2) is 0 Å². The minimum Gasteiger partial charge on any atom is -0.398 e. The van der Waals surface area contributed by atoms with Crippen molar-refractivity contribution in [2.45, 2.75) is 12.7 Å². The average molecular weight is 291 g/mol. The SMILES string of the molecule is N#Cc1ccc(NCc2cccc(C(F)(F)F)c2)cc1N. The Balaban J connectivity index is 2.10. The molecule has 2 aromatic carbocycles. The molecule has 0 amide bonds. The highest BCUT2D eigenvalue weighted by atomic mass is 19.4. The molecule has 3 N–H and O–H groups in total. The van der Waals surface area contributed by atoms with Crippen molar-refractivity contribution in [1.29, 1.82) is 5.26 Å². The van der Waals surface area contributed by atoms with E-state index in [2.05, 4.69) is 5.32 Å². The maximum atomic E-state index is 12.6. The molecule has 0 saturated carbocycles. The maximum absolute atomic E-state index is 12.6. The fourth-order valence-electron chi connectivity index (χ4n) is 1.84. The first-order chi connectivity index (χ1) is 9.90. The summed E-state index contributed by atoms with van der Waals surface area (Å²) < 4.78 is 37.8. The lowest BCUT2D eigenvalue weighted by Crippen LogP contribution is -2.07. The standard InChI is InChI=1S/C15H12F3N3/c16-15(17,18)12-3-1-2-10(6-12)9-21-13-5-4-11(8-19)14(20)7-13/h1-7,21H,9,20H2. The molecule has 0 spiro atoms. The number of nitrogens with one attached hydrogen (secondary N) is 1. The summed E-state index contributed by atoms with van der Waals surface area (Å²) in [4.78, 5) is 0. The van der Waals surface area contributed by atoms with Crippen molar-refractivity contribution >= 4 is 11.4 Å². The summed E-state index contributed by atoms with van der Waals surface area (Å²) in [6.07, 6.45) is -4.35. The van der Waals surface area contributed by atoms with Crippen molar-refractivity contribution < 1.29 is 13.2 Å². The van der Waals surface area contributed by atoms with Crippen molar-refractivity contribution in [3.8, 4) is 6.07 Å². The van der Waals surface area contributed by atoms with Gasteiger partial charge in [-0.15, -0.1) is 0 Å². The molecule has 0 aliphatic rings. The molecule has 0 atom stereocenters. The van der Waals surface area contributed by atoms with Crippen LogP contribution in [-0.4, -0.2) is 0 Å². The van der Waals surface area contributed by atoms with E-state index in [9.17, 15) is 13.2 Å². The molecule has 0 unspecified atom stereocenters. The number of hydrogen-bond donors (Lipinski definition) is 2. The van der Waals surface area contributed by atoms with Crippen LogP contribution < -0.4 is 11.1 Å². The lowest BCUT2D eigenvalue weighted by atomic mass is 10.1. The van der Waals surface area contributed by atoms with Crippen LogP contribution in [-0.2, 0) is 12.7 Å². The van der Waals surface area contributed by atoms with Crippen LogP contribution in [0.3, 0.4) is 0 Å². The van der Waals surface area contributed by atoms with E-state index in [4.69, 9.17) is 11.0 Å². The second-order valence-electron chi connectivity index (χ2n) is 4.47. The van der Waals surface area contributed by atoms with Crippen LogP contribution in [0.4, 0.5) is 24.5 Å². The largest absolute Gasteiger partial charge is 0.416 e. The summed E-state index contributed by atoms with van der Waals surface area (Å²) in [5, 5.41) is 11.7. The minimum atomic E-state index is -4.35. The third-order valence-electron chi connectivity index (χ3n) is 2.92. The second-order valence-corrected chi connectivity index (χ2v) is 4.47. The quantitative estimate of drug-likeness (QED) is 0.846. The number of benzene rings is 2.